The number of thioether (sulfide) groups is 1. The standard InChI is InChI=1S/C14H18N2S2/c1-10-11(2)18-14(16-10)9-17-13-6-4-12(5-7-13)8-15-3/h4-7,15H,8-9H2,1-3H3. The first-order chi connectivity index (χ1) is 8.69. The number of nitrogens with one attached hydrogen (secondary N) is 1. The minimum atomic E-state index is 0.926. The van der Waals surface area contributed by atoms with Gasteiger partial charge in [0.05, 0.1) is 11.4 Å². The SMILES string of the molecule is CNCc1ccc(SCc2nc(C)c(C)s2)cc1. The maximum atomic E-state index is 4.56. The maximum Gasteiger partial charge on any atom is 0.103 e. The summed E-state index contributed by atoms with van der Waals surface area (Å²) >= 11 is 3.65. The van der Waals surface area contributed by atoms with Gasteiger partial charge in [0, 0.05) is 16.3 Å². The molecule has 0 aliphatic heterocycles. The molecule has 0 aliphatic rings. The summed E-state index contributed by atoms with van der Waals surface area (Å²) in [4.78, 5) is 7.19. The number of nitrogens with zero attached hydrogens (tertiary/aromatic N) is 1. The average molecular weight is 278 g/mol. The number of thiazole rings is 1. The number of hydrogen-bond acceptors (Lipinski definition) is 4. The van der Waals surface area contributed by atoms with E-state index < -0.39 is 0 Å². The maximum absolute atomic E-state index is 4.56. The lowest BCUT2D eigenvalue weighted by atomic mass is 10.2. The molecule has 18 heavy (non-hydrogen) atoms. The van der Waals surface area contributed by atoms with Gasteiger partial charge in [-0.3, -0.25) is 0 Å². The molecule has 1 aromatic heterocycles. The molecule has 4 heteroatoms. The fourth-order valence-electron chi connectivity index (χ4n) is 1.65. The van der Waals surface area contributed by atoms with E-state index in [2.05, 4.69) is 48.4 Å². The van der Waals surface area contributed by atoms with Gasteiger partial charge in [-0.05, 0) is 38.6 Å². The fourth-order valence-corrected chi connectivity index (χ4v) is 3.48. The highest BCUT2D eigenvalue weighted by Crippen LogP contribution is 2.26. The smallest absolute Gasteiger partial charge is 0.103 e. The van der Waals surface area contributed by atoms with E-state index in [1.807, 2.05) is 18.8 Å². The van der Waals surface area contributed by atoms with Crippen LogP contribution in [-0.2, 0) is 12.3 Å². The molecule has 0 atom stereocenters. The molecule has 0 amide bonds. The summed E-state index contributed by atoms with van der Waals surface area (Å²) in [5.74, 6) is 0.963. The molecule has 0 spiro atoms. The monoisotopic (exact) mass is 278 g/mol. The van der Waals surface area contributed by atoms with Crippen molar-refractivity contribution in [3.05, 3.63) is 45.4 Å². The Kier molecular flexibility index (Phi) is 4.80. The number of aryl methyl sites for hydroxylation is 2. The Balaban J connectivity index is 1.93. The van der Waals surface area contributed by atoms with E-state index in [-0.39, 0.29) is 0 Å². The van der Waals surface area contributed by atoms with Crippen LogP contribution in [0.3, 0.4) is 0 Å². The summed E-state index contributed by atoms with van der Waals surface area (Å²) in [5, 5.41) is 4.37. The van der Waals surface area contributed by atoms with Crippen molar-refractivity contribution >= 4 is 23.1 Å². The Hall–Kier alpha value is -0.840. The molecule has 96 valence electrons. The summed E-state index contributed by atoms with van der Waals surface area (Å²) in [6.45, 7) is 5.13. The van der Waals surface area contributed by atoms with Gasteiger partial charge in [-0.15, -0.1) is 23.1 Å². The van der Waals surface area contributed by atoms with Gasteiger partial charge in [0.2, 0.25) is 0 Å². The van der Waals surface area contributed by atoms with Crippen LogP contribution in [0.5, 0.6) is 0 Å². The van der Waals surface area contributed by atoms with E-state index in [1.165, 1.54) is 26.0 Å². The van der Waals surface area contributed by atoms with E-state index in [1.54, 1.807) is 11.3 Å². The van der Waals surface area contributed by atoms with Crippen molar-refractivity contribution in [2.45, 2.75) is 31.0 Å². The van der Waals surface area contributed by atoms with Gasteiger partial charge in [-0.2, -0.15) is 0 Å². The topological polar surface area (TPSA) is 24.9 Å². The highest BCUT2D eigenvalue weighted by molar-refractivity contribution is 7.98. The van der Waals surface area contributed by atoms with Crippen molar-refractivity contribution in [3.8, 4) is 0 Å². The van der Waals surface area contributed by atoms with Crippen LogP contribution in [0, 0.1) is 13.8 Å². The molecule has 2 aromatic rings. The minimum absolute atomic E-state index is 0.926. The van der Waals surface area contributed by atoms with Gasteiger partial charge in [0.25, 0.3) is 0 Å². The van der Waals surface area contributed by atoms with Crippen LogP contribution in [-0.4, -0.2) is 12.0 Å². The first-order valence-corrected chi connectivity index (χ1v) is 7.78. The zero-order valence-electron chi connectivity index (χ0n) is 11.0. The Labute approximate surface area is 117 Å². The van der Waals surface area contributed by atoms with E-state index >= 15 is 0 Å². The molecule has 0 aliphatic carbocycles. The Morgan fingerprint density at radius 2 is 1.94 bits per heavy atom. The predicted octanol–water partition coefficient (Wildman–Crippen LogP) is 3.77. The third kappa shape index (κ3) is 3.57. The molecule has 0 bridgehead atoms. The van der Waals surface area contributed by atoms with Crippen LogP contribution in [0.25, 0.3) is 0 Å². The first kappa shape index (κ1) is 13.6. The summed E-state index contributed by atoms with van der Waals surface area (Å²) in [7, 11) is 1.97. The summed E-state index contributed by atoms with van der Waals surface area (Å²) < 4.78 is 0. The van der Waals surface area contributed by atoms with Crippen LogP contribution in [0.4, 0.5) is 0 Å². The lowest BCUT2D eigenvalue weighted by Crippen LogP contribution is -2.04. The van der Waals surface area contributed by atoms with Crippen LogP contribution in [0.2, 0.25) is 0 Å². The summed E-state index contributed by atoms with van der Waals surface area (Å²) in [6.07, 6.45) is 0. The minimum Gasteiger partial charge on any atom is -0.316 e. The highest BCUT2D eigenvalue weighted by atomic mass is 32.2. The number of rotatable bonds is 5. The third-order valence-electron chi connectivity index (χ3n) is 2.74. The number of hydrogen-bond donors (Lipinski definition) is 1. The van der Waals surface area contributed by atoms with Gasteiger partial charge in [-0.1, -0.05) is 12.1 Å². The van der Waals surface area contributed by atoms with Crippen LogP contribution in [0.15, 0.2) is 29.2 Å². The lowest BCUT2D eigenvalue weighted by Gasteiger charge is -2.02. The van der Waals surface area contributed by atoms with Crippen LogP contribution >= 0.6 is 23.1 Å². The molecule has 2 nitrogen and oxygen atoms in total. The molecule has 1 heterocycles. The van der Waals surface area contributed by atoms with Gasteiger partial charge >= 0.3 is 0 Å². The molecular formula is C14H18N2S2. The molecule has 1 N–H and O–H groups in total. The lowest BCUT2D eigenvalue weighted by molar-refractivity contribution is 0.817. The van der Waals surface area contributed by atoms with Gasteiger partial charge in [0.15, 0.2) is 0 Å². The molecular weight excluding hydrogens is 260 g/mol. The molecule has 0 saturated heterocycles. The van der Waals surface area contributed by atoms with Crippen molar-refractivity contribution in [2.75, 3.05) is 7.05 Å². The quantitative estimate of drug-likeness (QED) is 0.843. The Morgan fingerprint density at radius 3 is 2.50 bits per heavy atom. The Morgan fingerprint density at radius 1 is 1.22 bits per heavy atom. The van der Waals surface area contributed by atoms with Gasteiger partial charge in [-0.25, -0.2) is 4.98 Å². The third-order valence-corrected chi connectivity index (χ3v) is 5.02. The largest absolute Gasteiger partial charge is 0.316 e. The van der Waals surface area contributed by atoms with Crippen molar-refractivity contribution in [2.24, 2.45) is 0 Å². The van der Waals surface area contributed by atoms with E-state index in [0.29, 0.717) is 0 Å². The zero-order chi connectivity index (χ0) is 13.0. The van der Waals surface area contributed by atoms with E-state index in [0.717, 1.165) is 12.3 Å². The second-order valence-electron chi connectivity index (χ2n) is 4.21. The van der Waals surface area contributed by atoms with Gasteiger partial charge in [0.1, 0.15) is 5.01 Å². The average Bonchev–Trinajstić information content (AvgIpc) is 2.68. The molecule has 0 fully saturated rings. The second-order valence-corrected chi connectivity index (χ2v) is 6.55. The van der Waals surface area contributed by atoms with Crippen LogP contribution < -0.4 is 5.32 Å². The van der Waals surface area contributed by atoms with Crippen molar-refractivity contribution < 1.29 is 0 Å². The van der Waals surface area contributed by atoms with Crippen molar-refractivity contribution in [1.29, 1.82) is 0 Å². The molecule has 0 saturated carbocycles. The predicted molar refractivity (Wildman–Crippen MR) is 80.4 cm³/mol. The second kappa shape index (κ2) is 6.36. The fraction of sp³-hybridized carbons (Fsp3) is 0.357. The molecule has 0 unspecified atom stereocenters. The molecule has 0 radical (unpaired) electrons. The highest BCUT2D eigenvalue weighted by Gasteiger charge is 2.04. The summed E-state index contributed by atoms with van der Waals surface area (Å²) in [5.41, 5.74) is 2.49. The van der Waals surface area contributed by atoms with Crippen LogP contribution in [0.1, 0.15) is 21.1 Å². The molecule has 1 aromatic carbocycles. The normalized spacial score (nSPS) is 10.8. The van der Waals surface area contributed by atoms with E-state index in [4.69, 9.17) is 0 Å². The van der Waals surface area contributed by atoms with Crippen molar-refractivity contribution in [1.82, 2.24) is 10.3 Å². The van der Waals surface area contributed by atoms with Crippen molar-refractivity contribution in [3.63, 3.8) is 0 Å². The Bertz CT molecular complexity index is 484. The van der Waals surface area contributed by atoms with E-state index in [9.17, 15) is 0 Å². The number of aromatic nitrogens is 1. The summed E-state index contributed by atoms with van der Waals surface area (Å²) in [6, 6.07) is 8.73. The molecule has 2 rings (SSSR count). The van der Waals surface area contributed by atoms with Gasteiger partial charge < -0.3 is 5.32 Å². The first-order valence-electron chi connectivity index (χ1n) is 5.98. The number of benzene rings is 1. The zero-order valence-corrected chi connectivity index (χ0v) is 12.6.